The topological polar surface area (TPSA) is 18.5 Å². The van der Waals surface area contributed by atoms with Gasteiger partial charge in [-0.25, -0.2) is 0 Å². The lowest BCUT2D eigenvalue weighted by Gasteiger charge is -2.21. The van der Waals surface area contributed by atoms with Gasteiger partial charge in [0.1, 0.15) is 0 Å². The number of rotatable bonds is 8. The summed E-state index contributed by atoms with van der Waals surface area (Å²) in [6, 6.07) is 16.9. The van der Waals surface area contributed by atoms with Gasteiger partial charge in [0, 0.05) is 18.8 Å². The van der Waals surface area contributed by atoms with Crippen LogP contribution in [-0.2, 0) is 9.47 Å². The average Bonchev–Trinajstić information content (AvgIpc) is 2.56. The Kier molecular flexibility index (Phi) is 6.63. The van der Waals surface area contributed by atoms with Crippen LogP contribution in [0.15, 0.2) is 48.5 Å². The molecule has 0 unspecified atom stereocenters. The van der Waals surface area contributed by atoms with E-state index in [1.165, 1.54) is 16.7 Å². The van der Waals surface area contributed by atoms with Gasteiger partial charge in [-0.3, -0.25) is 0 Å². The SMILES string of the molecule is CCCOC(OCCC)c1ccccc1-c1ccc(C)cc1. The van der Waals surface area contributed by atoms with E-state index in [1.54, 1.807) is 0 Å². The molecule has 2 heteroatoms. The first-order valence-electron chi connectivity index (χ1n) is 8.15. The number of hydrogen-bond acceptors (Lipinski definition) is 2. The second kappa shape index (κ2) is 8.72. The Morgan fingerprint density at radius 2 is 1.41 bits per heavy atom. The molecule has 0 N–H and O–H groups in total. The molecule has 2 aromatic rings. The second-order valence-corrected chi connectivity index (χ2v) is 5.53. The van der Waals surface area contributed by atoms with Gasteiger partial charge < -0.3 is 9.47 Å². The number of aryl methyl sites for hydroxylation is 1. The van der Waals surface area contributed by atoms with Gasteiger partial charge in [0.25, 0.3) is 0 Å². The minimum Gasteiger partial charge on any atom is -0.348 e. The highest BCUT2D eigenvalue weighted by molar-refractivity contribution is 5.67. The fourth-order valence-electron chi connectivity index (χ4n) is 2.38. The van der Waals surface area contributed by atoms with Crippen LogP contribution in [0.5, 0.6) is 0 Å². The maximum absolute atomic E-state index is 5.94. The molecule has 2 nitrogen and oxygen atoms in total. The smallest absolute Gasteiger partial charge is 0.184 e. The summed E-state index contributed by atoms with van der Waals surface area (Å²) in [6.07, 6.45) is 1.68. The van der Waals surface area contributed by atoms with Gasteiger partial charge in [-0.1, -0.05) is 67.9 Å². The predicted octanol–water partition coefficient (Wildman–Crippen LogP) is 5.51. The van der Waals surface area contributed by atoms with Crippen molar-refractivity contribution in [2.75, 3.05) is 13.2 Å². The summed E-state index contributed by atoms with van der Waals surface area (Å²) >= 11 is 0. The first-order chi connectivity index (χ1) is 10.8. The summed E-state index contributed by atoms with van der Waals surface area (Å²) in [5.41, 5.74) is 4.75. The summed E-state index contributed by atoms with van der Waals surface area (Å²) in [6.45, 7) is 7.74. The van der Waals surface area contributed by atoms with Crippen molar-refractivity contribution in [3.05, 3.63) is 59.7 Å². The third-order valence-electron chi connectivity index (χ3n) is 3.52. The fraction of sp³-hybridized carbons (Fsp3) is 0.400. The van der Waals surface area contributed by atoms with Crippen molar-refractivity contribution in [3.8, 4) is 11.1 Å². The van der Waals surface area contributed by atoms with E-state index in [0.29, 0.717) is 13.2 Å². The molecule has 0 aromatic heterocycles. The highest BCUT2D eigenvalue weighted by atomic mass is 16.7. The van der Waals surface area contributed by atoms with E-state index in [1.807, 2.05) is 6.07 Å². The van der Waals surface area contributed by atoms with E-state index in [4.69, 9.17) is 9.47 Å². The van der Waals surface area contributed by atoms with Crippen molar-refractivity contribution in [3.63, 3.8) is 0 Å². The molecule has 118 valence electrons. The van der Waals surface area contributed by atoms with E-state index in [2.05, 4.69) is 63.2 Å². The Morgan fingerprint density at radius 3 is 2.00 bits per heavy atom. The zero-order chi connectivity index (χ0) is 15.8. The Balaban J connectivity index is 2.33. The van der Waals surface area contributed by atoms with Crippen LogP contribution < -0.4 is 0 Å². The van der Waals surface area contributed by atoms with Crippen LogP contribution in [-0.4, -0.2) is 13.2 Å². The molecule has 0 amide bonds. The van der Waals surface area contributed by atoms with Crippen LogP contribution >= 0.6 is 0 Å². The zero-order valence-electron chi connectivity index (χ0n) is 13.8. The minimum absolute atomic E-state index is 0.294. The molecule has 0 spiro atoms. The molecule has 2 rings (SSSR count). The van der Waals surface area contributed by atoms with Crippen molar-refractivity contribution in [2.45, 2.75) is 39.9 Å². The van der Waals surface area contributed by atoms with Gasteiger partial charge in [-0.2, -0.15) is 0 Å². The van der Waals surface area contributed by atoms with E-state index in [-0.39, 0.29) is 6.29 Å². The van der Waals surface area contributed by atoms with Gasteiger partial charge in [0.2, 0.25) is 0 Å². The molecular formula is C20H26O2. The van der Waals surface area contributed by atoms with Crippen LogP contribution in [0, 0.1) is 6.92 Å². The van der Waals surface area contributed by atoms with Crippen molar-refractivity contribution in [1.82, 2.24) is 0 Å². The molecule has 0 aliphatic carbocycles. The largest absolute Gasteiger partial charge is 0.348 e. The van der Waals surface area contributed by atoms with Gasteiger partial charge in [0.05, 0.1) is 0 Å². The molecule has 0 heterocycles. The van der Waals surface area contributed by atoms with E-state index < -0.39 is 0 Å². The first kappa shape index (κ1) is 16.7. The Labute approximate surface area is 134 Å². The molecule has 0 fully saturated rings. The summed E-state index contributed by atoms with van der Waals surface area (Å²) in [4.78, 5) is 0. The average molecular weight is 298 g/mol. The predicted molar refractivity (Wildman–Crippen MR) is 91.8 cm³/mol. The molecule has 0 aliphatic heterocycles. The molecule has 0 radical (unpaired) electrons. The molecule has 0 atom stereocenters. The van der Waals surface area contributed by atoms with Crippen LogP contribution in [0.1, 0.15) is 44.1 Å². The van der Waals surface area contributed by atoms with Gasteiger partial charge >= 0.3 is 0 Å². The molecule has 0 saturated heterocycles. The number of benzene rings is 2. The molecule has 22 heavy (non-hydrogen) atoms. The van der Waals surface area contributed by atoms with E-state index >= 15 is 0 Å². The van der Waals surface area contributed by atoms with Gasteiger partial charge in [0.15, 0.2) is 6.29 Å². The third kappa shape index (κ3) is 4.43. The maximum Gasteiger partial charge on any atom is 0.184 e. The molecular weight excluding hydrogens is 272 g/mol. The third-order valence-corrected chi connectivity index (χ3v) is 3.52. The Hall–Kier alpha value is -1.64. The van der Waals surface area contributed by atoms with E-state index in [9.17, 15) is 0 Å². The molecule has 2 aromatic carbocycles. The normalized spacial score (nSPS) is 11.1. The monoisotopic (exact) mass is 298 g/mol. The standard InChI is InChI=1S/C20H26O2/c1-4-14-21-20(22-15-5-2)19-9-7-6-8-18(19)17-12-10-16(3)11-13-17/h6-13,20H,4-5,14-15H2,1-3H3. The summed E-state index contributed by atoms with van der Waals surface area (Å²) in [7, 11) is 0. The molecule has 0 saturated carbocycles. The summed E-state index contributed by atoms with van der Waals surface area (Å²) in [5, 5.41) is 0. The summed E-state index contributed by atoms with van der Waals surface area (Å²) in [5.74, 6) is 0. The number of ether oxygens (including phenoxy) is 2. The lowest BCUT2D eigenvalue weighted by atomic mass is 9.98. The number of hydrogen-bond donors (Lipinski definition) is 0. The molecule has 0 bridgehead atoms. The van der Waals surface area contributed by atoms with E-state index in [0.717, 1.165) is 18.4 Å². The van der Waals surface area contributed by atoms with Crippen molar-refractivity contribution < 1.29 is 9.47 Å². The summed E-state index contributed by atoms with van der Waals surface area (Å²) < 4.78 is 11.9. The second-order valence-electron chi connectivity index (χ2n) is 5.53. The quantitative estimate of drug-likeness (QED) is 0.598. The fourth-order valence-corrected chi connectivity index (χ4v) is 2.38. The highest BCUT2D eigenvalue weighted by Crippen LogP contribution is 2.31. The highest BCUT2D eigenvalue weighted by Gasteiger charge is 2.16. The minimum atomic E-state index is -0.294. The molecule has 0 aliphatic rings. The van der Waals surface area contributed by atoms with Crippen LogP contribution in [0.2, 0.25) is 0 Å². The van der Waals surface area contributed by atoms with Crippen LogP contribution in [0.4, 0.5) is 0 Å². The van der Waals surface area contributed by atoms with Gasteiger partial charge in [-0.05, 0) is 30.9 Å². The van der Waals surface area contributed by atoms with Crippen LogP contribution in [0.3, 0.4) is 0 Å². The first-order valence-corrected chi connectivity index (χ1v) is 8.15. The van der Waals surface area contributed by atoms with Gasteiger partial charge in [-0.15, -0.1) is 0 Å². The Morgan fingerprint density at radius 1 is 0.818 bits per heavy atom. The lowest BCUT2D eigenvalue weighted by molar-refractivity contribution is -0.146. The Bertz CT molecular complexity index is 552. The zero-order valence-corrected chi connectivity index (χ0v) is 13.8. The van der Waals surface area contributed by atoms with Crippen molar-refractivity contribution in [2.24, 2.45) is 0 Å². The lowest BCUT2D eigenvalue weighted by Crippen LogP contribution is -2.11. The maximum atomic E-state index is 5.94. The van der Waals surface area contributed by atoms with Crippen molar-refractivity contribution in [1.29, 1.82) is 0 Å². The van der Waals surface area contributed by atoms with Crippen LogP contribution in [0.25, 0.3) is 11.1 Å². The van der Waals surface area contributed by atoms with Crippen molar-refractivity contribution >= 4 is 0 Å².